The van der Waals surface area contributed by atoms with Gasteiger partial charge in [0, 0.05) is 5.69 Å². The first-order chi connectivity index (χ1) is 16.4. The average molecular weight is 483 g/mol. The summed E-state index contributed by atoms with van der Waals surface area (Å²) in [5, 5.41) is 17.2. The molecule has 0 fully saturated rings. The van der Waals surface area contributed by atoms with E-state index in [2.05, 4.69) is 26.1 Å². The summed E-state index contributed by atoms with van der Waals surface area (Å²) in [6.07, 6.45) is 1.94. The molecule has 0 spiro atoms. The van der Waals surface area contributed by atoms with E-state index < -0.39 is 12.1 Å². The Labute approximate surface area is 203 Å². The largest absolute Gasteiger partial charge is 0.486 e. The quantitative estimate of drug-likeness (QED) is 0.306. The number of carbonyl (C=O) groups excluding carboxylic acids is 2. The predicted octanol–water partition coefficient (Wildman–Crippen LogP) is 3.99. The average Bonchev–Trinajstić information content (AvgIpc) is 3.26. The van der Waals surface area contributed by atoms with Gasteiger partial charge in [-0.2, -0.15) is 0 Å². The Bertz CT molecular complexity index is 1070. The van der Waals surface area contributed by atoms with Crippen LogP contribution in [0.4, 0.5) is 15.6 Å². The van der Waals surface area contributed by atoms with E-state index in [1.165, 1.54) is 11.3 Å². The van der Waals surface area contributed by atoms with Crippen LogP contribution in [0.2, 0.25) is 0 Å². The number of carbonyl (C=O) groups is 2. The lowest BCUT2D eigenvalue weighted by Crippen LogP contribution is -2.45. The monoisotopic (exact) mass is 482 g/mol. The molecule has 180 valence electrons. The second kappa shape index (κ2) is 12.7. The zero-order chi connectivity index (χ0) is 24.3. The van der Waals surface area contributed by atoms with Crippen LogP contribution in [-0.2, 0) is 11.4 Å². The first kappa shape index (κ1) is 25.1. The summed E-state index contributed by atoms with van der Waals surface area (Å²) in [5.74, 6) is 0.438. The molecule has 3 amide bonds. The van der Waals surface area contributed by atoms with E-state index in [1.54, 1.807) is 0 Å². The number of hydrogen-bond acceptors (Lipinski definition) is 7. The number of nitrogens with zero attached hydrogens (tertiary/aromatic N) is 2. The summed E-state index contributed by atoms with van der Waals surface area (Å²) in [6.45, 7) is 4.74. The maximum Gasteiger partial charge on any atom is 0.321 e. The molecule has 0 aliphatic rings. The third kappa shape index (κ3) is 8.13. The molecule has 0 aliphatic carbocycles. The summed E-state index contributed by atoms with van der Waals surface area (Å²) in [5.41, 5.74) is 8.49. The number of urea groups is 1. The highest BCUT2D eigenvalue weighted by Crippen LogP contribution is 2.19. The molecule has 0 aliphatic heterocycles. The first-order valence-electron chi connectivity index (χ1n) is 11.1. The number of anilines is 2. The molecule has 34 heavy (non-hydrogen) atoms. The highest BCUT2D eigenvalue weighted by molar-refractivity contribution is 7.15. The Morgan fingerprint density at radius 2 is 1.65 bits per heavy atom. The normalized spacial score (nSPS) is 11.5. The highest BCUT2D eigenvalue weighted by atomic mass is 32.1. The lowest BCUT2D eigenvalue weighted by molar-refractivity contribution is -0.118. The molecule has 1 aromatic heterocycles. The van der Waals surface area contributed by atoms with Crippen molar-refractivity contribution in [1.82, 2.24) is 15.5 Å². The van der Waals surface area contributed by atoms with Gasteiger partial charge in [-0.1, -0.05) is 46.7 Å². The van der Waals surface area contributed by atoms with Crippen molar-refractivity contribution < 1.29 is 14.3 Å². The summed E-state index contributed by atoms with van der Waals surface area (Å²) >= 11 is 1.21. The smallest absolute Gasteiger partial charge is 0.321 e. The van der Waals surface area contributed by atoms with Crippen molar-refractivity contribution in [2.24, 2.45) is 5.73 Å². The number of nitrogens with two attached hydrogens (primary N) is 1. The molecular formula is C24H30N6O3S. The Hall–Kier alpha value is -3.50. The van der Waals surface area contributed by atoms with Crippen LogP contribution in [0, 0.1) is 13.8 Å². The van der Waals surface area contributed by atoms with Crippen molar-refractivity contribution in [2.45, 2.75) is 45.8 Å². The fourth-order valence-corrected chi connectivity index (χ4v) is 3.71. The van der Waals surface area contributed by atoms with Crippen molar-refractivity contribution in [3.63, 3.8) is 0 Å². The van der Waals surface area contributed by atoms with Gasteiger partial charge in [0.25, 0.3) is 0 Å². The Balaban J connectivity index is 1.54. The number of nitrogens with one attached hydrogen (secondary N) is 3. The first-order valence-corrected chi connectivity index (χ1v) is 11.9. The van der Waals surface area contributed by atoms with Gasteiger partial charge in [0.15, 0.2) is 5.01 Å². The van der Waals surface area contributed by atoms with Gasteiger partial charge >= 0.3 is 6.03 Å². The van der Waals surface area contributed by atoms with Gasteiger partial charge in [-0.25, -0.2) is 4.79 Å². The van der Waals surface area contributed by atoms with Crippen LogP contribution in [0.5, 0.6) is 5.75 Å². The molecule has 0 saturated heterocycles. The van der Waals surface area contributed by atoms with Gasteiger partial charge in [0.2, 0.25) is 11.0 Å². The van der Waals surface area contributed by atoms with Crippen molar-refractivity contribution in [3.8, 4) is 5.75 Å². The van der Waals surface area contributed by atoms with E-state index in [4.69, 9.17) is 10.5 Å². The Kier molecular flexibility index (Phi) is 9.36. The third-order valence-electron chi connectivity index (χ3n) is 4.96. The topological polar surface area (TPSA) is 131 Å². The van der Waals surface area contributed by atoms with Crippen LogP contribution in [0.15, 0.2) is 48.5 Å². The zero-order valence-electron chi connectivity index (χ0n) is 19.3. The minimum absolute atomic E-state index is 0.241. The van der Waals surface area contributed by atoms with Gasteiger partial charge in [0.1, 0.15) is 18.4 Å². The maximum atomic E-state index is 12.8. The minimum atomic E-state index is -0.717. The molecule has 0 unspecified atom stereocenters. The molecule has 5 N–H and O–H groups in total. The van der Waals surface area contributed by atoms with E-state index in [-0.39, 0.29) is 12.5 Å². The number of aromatic nitrogens is 2. The number of aryl methyl sites for hydroxylation is 2. The number of benzene rings is 2. The van der Waals surface area contributed by atoms with Crippen LogP contribution < -0.4 is 26.4 Å². The van der Waals surface area contributed by atoms with Crippen LogP contribution in [0.1, 0.15) is 35.4 Å². The summed E-state index contributed by atoms with van der Waals surface area (Å²) in [4.78, 5) is 25.4. The Morgan fingerprint density at radius 1 is 0.971 bits per heavy atom. The molecular weight excluding hydrogens is 452 g/mol. The van der Waals surface area contributed by atoms with Crippen molar-refractivity contribution >= 4 is 34.1 Å². The molecule has 9 nitrogen and oxygen atoms in total. The summed E-state index contributed by atoms with van der Waals surface area (Å²) < 4.78 is 5.70. The summed E-state index contributed by atoms with van der Waals surface area (Å²) in [7, 11) is 0. The van der Waals surface area contributed by atoms with Crippen molar-refractivity contribution in [2.75, 3.05) is 17.2 Å². The van der Waals surface area contributed by atoms with Gasteiger partial charge < -0.3 is 21.1 Å². The molecule has 0 saturated carbocycles. The van der Waals surface area contributed by atoms with Gasteiger partial charge in [-0.15, -0.1) is 10.2 Å². The van der Waals surface area contributed by atoms with E-state index in [0.717, 1.165) is 23.3 Å². The zero-order valence-corrected chi connectivity index (χ0v) is 20.2. The lowest BCUT2D eigenvalue weighted by atomic mass is 10.1. The molecule has 10 heteroatoms. The standard InChI is InChI=1S/C24H30N6O3S/c1-16-6-10-18(11-7-16)26-22(31)20(5-3-4-14-25)27-23(32)28-24-30-29-21(34-24)15-33-19-12-8-17(2)9-13-19/h6-13,20H,3-5,14-15,25H2,1-2H3,(H,26,31)(H2,27,28,30,32)/t20-/m0/s1. The SMILES string of the molecule is Cc1ccc(NC(=O)[C@H](CCCCN)NC(=O)Nc2nnc(COc3ccc(C)cc3)s2)cc1. The number of ether oxygens (including phenoxy) is 1. The van der Waals surface area contributed by atoms with E-state index in [0.29, 0.717) is 35.2 Å². The number of unbranched alkanes of at least 4 members (excludes halogenated alkanes) is 1. The molecule has 0 bridgehead atoms. The van der Waals surface area contributed by atoms with E-state index in [1.807, 2.05) is 62.4 Å². The van der Waals surface area contributed by atoms with Crippen molar-refractivity contribution in [1.29, 1.82) is 0 Å². The van der Waals surface area contributed by atoms with Crippen molar-refractivity contribution in [3.05, 3.63) is 64.7 Å². The molecule has 0 radical (unpaired) electrons. The Morgan fingerprint density at radius 3 is 2.32 bits per heavy atom. The van der Waals surface area contributed by atoms with Gasteiger partial charge in [0.05, 0.1) is 0 Å². The number of rotatable bonds is 11. The number of hydrogen-bond donors (Lipinski definition) is 4. The molecule has 3 rings (SSSR count). The minimum Gasteiger partial charge on any atom is -0.486 e. The second-order valence-electron chi connectivity index (χ2n) is 7.89. The van der Waals surface area contributed by atoms with Crippen LogP contribution in [0.25, 0.3) is 0 Å². The summed E-state index contributed by atoms with van der Waals surface area (Å²) in [6, 6.07) is 13.9. The number of amides is 3. The fourth-order valence-electron chi connectivity index (χ4n) is 3.06. The molecule has 2 aromatic carbocycles. The molecule has 1 heterocycles. The van der Waals surface area contributed by atoms with Crippen LogP contribution in [-0.4, -0.2) is 34.7 Å². The van der Waals surface area contributed by atoms with Crippen LogP contribution in [0.3, 0.4) is 0 Å². The molecule has 1 atom stereocenters. The van der Waals surface area contributed by atoms with E-state index in [9.17, 15) is 9.59 Å². The predicted molar refractivity (Wildman–Crippen MR) is 134 cm³/mol. The van der Waals surface area contributed by atoms with Gasteiger partial charge in [-0.05, 0) is 63.9 Å². The molecule has 3 aromatic rings. The third-order valence-corrected chi connectivity index (χ3v) is 5.77. The second-order valence-corrected chi connectivity index (χ2v) is 8.96. The van der Waals surface area contributed by atoms with Crippen LogP contribution >= 0.6 is 11.3 Å². The fraction of sp³-hybridized carbons (Fsp3) is 0.333. The highest BCUT2D eigenvalue weighted by Gasteiger charge is 2.21. The lowest BCUT2D eigenvalue weighted by Gasteiger charge is -2.18. The maximum absolute atomic E-state index is 12.8. The van der Waals surface area contributed by atoms with E-state index >= 15 is 0 Å². The van der Waals surface area contributed by atoms with Gasteiger partial charge in [-0.3, -0.25) is 10.1 Å².